The standard InChI is InChI=1S/C14H20BrN3O2/c1-14(2,3)20-13(19)16-9-10-7-8-18(10)12-6-4-5-11(15)17-12/h4-6,10H,7-9H2,1-3H3,(H,16,19). The number of nitrogens with one attached hydrogen (secondary N) is 1. The van der Waals surface area contributed by atoms with E-state index < -0.39 is 5.60 Å². The molecule has 2 rings (SSSR count). The molecule has 0 bridgehead atoms. The summed E-state index contributed by atoms with van der Waals surface area (Å²) >= 11 is 3.37. The third-order valence-electron chi connectivity index (χ3n) is 3.02. The lowest BCUT2D eigenvalue weighted by Gasteiger charge is -2.42. The third-order valence-corrected chi connectivity index (χ3v) is 3.46. The largest absolute Gasteiger partial charge is 0.444 e. The van der Waals surface area contributed by atoms with E-state index in [1.54, 1.807) is 0 Å². The first-order chi connectivity index (χ1) is 9.35. The van der Waals surface area contributed by atoms with E-state index in [2.05, 4.69) is 31.1 Å². The number of pyridine rings is 1. The molecule has 1 amide bonds. The predicted molar refractivity (Wildman–Crippen MR) is 81.9 cm³/mol. The van der Waals surface area contributed by atoms with Crippen LogP contribution in [0.25, 0.3) is 0 Å². The Morgan fingerprint density at radius 1 is 1.55 bits per heavy atom. The normalized spacial score (nSPS) is 18.4. The van der Waals surface area contributed by atoms with Crippen molar-refractivity contribution in [3.8, 4) is 0 Å². The van der Waals surface area contributed by atoms with Crippen LogP contribution in [0.4, 0.5) is 10.6 Å². The number of hydrogen-bond acceptors (Lipinski definition) is 4. The molecule has 20 heavy (non-hydrogen) atoms. The maximum Gasteiger partial charge on any atom is 0.407 e. The number of nitrogens with zero attached hydrogens (tertiary/aromatic N) is 2. The van der Waals surface area contributed by atoms with Crippen molar-refractivity contribution in [1.82, 2.24) is 10.3 Å². The molecule has 0 aromatic carbocycles. The highest BCUT2D eigenvalue weighted by atomic mass is 79.9. The van der Waals surface area contributed by atoms with Crippen molar-refractivity contribution in [3.63, 3.8) is 0 Å². The van der Waals surface area contributed by atoms with Crippen LogP contribution >= 0.6 is 15.9 Å². The molecule has 0 spiro atoms. The number of hydrogen-bond donors (Lipinski definition) is 1. The quantitative estimate of drug-likeness (QED) is 0.858. The lowest BCUT2D eigenvalue weighted by Crippen LogP contribution is -2.54. The van der Waals surface area contributed by atoms with Gasteiger partial charge in [0.15, 0.2) is 0 Å². The van der Waals surface area contributed by atoms with Crippen LogP contribution in [0.5, 0.6) is 0 Å². The van der Waals surface area contributed by atoms with Crippen LogP contribution in [0.15, 0.2) is 22.8 Å². The van der Waals surface area contributed by atoms with Crippen molar-refractivity contribution in [1.29, 1.82) is 0 Å². The Labute approximate surface area is 127 Å². The molecular weight excluding hydrogens is 322 g/mol. The molecule has 1 aliphatic rings. The van der Waals surface area contributed by atoms with Crippen molar-refractivity contribution in [3.05, 3.63) is 22.8 Å². The monoisotopic (exact) mass is 341 g/mol. The molecular formula is C14H20BrN3O2. The summed E-state index contributed by atoms with van der Waals surface area (Å²) in [6, 6.07) is 6.12. The first kappa shape index (κ1) is 15.1. The summed E-state index contributed by atoms with van der Waals surface area (Å²) in [4.78, 5) is 18.2. The van der Waals surface area contributed by atoms with E-state index in [0.29, 0.717) is 6.54 Å². The zero-order chi connectivity index (χ0) is 14.8. The summed E-state index contributed by atoms with van der Waals surface area (Å²) < 4.78 is 6.05. The molecule has 1 N–H and O–H groups in total. The number of rotatable bonds is 3. The average Bonchev–Trinajstić information content (AvgIpc) is 2.25. The maximum atomic E-state index is 11.6. The van der Waals surface area contributed by atoms with Gasteiger partial charge in [0.25, 0.3) is 0 Å². The van der Waals surface area contributed by atoms with Crippen LogP contribution in [0.3, 0.4) is 0 Å². The zero-order valence-electron chi connectivity index (χ0n) is 12.0. The van der Waals surface area contributed by atoms with Crippen molar-refractivity contribution in [2.24, 2.45) is 0 Å². The first-order valence-electron chi connectivity index (χ1n) is 6.71. The second kappa shape index (κ2) is 5.99. The van der Waals surface area contributed by atoms with E-state index in [0.717, 1.165) is 23.4 Å². The number of carbonyl (C=O) groups excluding carboxylic acids is 1. The van der Waals surface area contributed by atoms with Gasteiger partial charge in [-0.25, -0.2) is 9.78 Å². The minimum atomic E-state index is -0.463. The fraction of sp³-hybridized carbons (Fsp3) is 0.571. The first-order valence-corrected chi connectivity index (χ1v) is 7.50. The van der Waals surface area contributed by atoms with Gasteiger partial charge in [-0.05, 0) is 55.3 Å². The topological polar surface area (TPSA) is 54.5 Å². The molecule has 110 valence electrons. The maximum absolute atomic E-state index is 11.6. The van der Waals surface area contributed by atoms with E-state index in [1.807, 2.05) is 39.0 Å². The highest BCUT2D eigenvalue weighted by molar-refractivity contribution is 9.10. The summed E-state index contributed by atoms with van der Waals surface area (Å²) in [5, 5.41) is 2.81. The van der Waals surface area contributed by atoms with Gasteiger partial charge in [0.2, 0.25) is 0 Å². The van der Waals surface area contributed by atoms with Crippen molar-refractivity contribution in [2.45, 2.75) is 38.8 Å². The fourth-order valence-corrected chi connectivity index (χ4v) is 2.36. The van der Waals surface area contributed by atoms with Crippen molar-refractivity contribution < 1.29 is 9.53 Å². The number of alkyl carbamates (subject to hydrolysis) is 1. The molecule has 0 saturated carbocycles. The van der Waals surface area contributed by atoms with Crippen LogP contribution in [0, 0.1) is 0 Å². The molecule has 6 heteroatoms. The molecule has 1 aliphatic heterocycles. The Bertz CT molecular complexity index is 488. The highest BCUT2D eigenvalue weighted by Gasteiger charge is 2.29. The summed E-state index contributed by atoms with van der Waals surface area (Å²) in [5.41, 5.74) is -0.463. The second-order valence-corrected chi connectivity index (χ2v) is 6.65. The third kappa shape index (κ3) is 4.10. The summed E-state index contributed by atoms with van der Waals surface area (Å²) in [7, 11) is 0. The van der Waals surface area contributed by atoms with Gasteiger partial charge in [-0.3, -0.25) is 0 Å². The molecule has 1 saturated heterocycles. The van der Waals surface area contributed by atoms with Gasteiger partial charge in [-0.2, -0.15) is 0 Å². The molecule has 1 fully saturated rings. The number of ether oxygens (including phenoxy) is 1. The summed E-state index contributed by atoms with van der Waals surface area (Å²) in [6.07, 6.45) is 0.677. The fourth-order valence-electron chi connectivity index (χ4n) is 2.03. The Hall–Kier alpha value is -1.30. The van der Waals surface area contributed by atoms with Gasteiger partial charge >= 0.3 is 6.09 Å². The van der Waals surface area contributed by atoms with E-state index >= 15 is 0 Å². The van der Waals surface area contributed by atoms with Crippen LogP contribution < -0.4 is 10.2 Å². The minimum Gasteiger partial charge on any atom is -0.444 e. The Morgan fingerprint density at radius 2 is 2.30 bits per heavy atom. The van der Waals surface area contributed by atoms with Gasteiger partial charge in [-0.1, -0.05) is 6.07 Å². The van der Waals surface area contributed by atoms with Gasteiger partial charge < -0.3 is 15.0 Å². The van der Waals surface area contributed by atoms with Crippen LogP contribution in [0.1, 0.15) is 27.2 Å². The second-order valence-electron chi connectivity index (χ2n) is 5.84. The summed E-state index contributed by atoms with van der Waals surface area (Å²) in [5.74, 6) is 0.932. The molecule has 2 heterocycles. The SMILES string of the molecule is CC(C)(C)OC(=O)NCC1CCN1c1cccc(Br)n1. The van der Waals surface area contributed by atoms with Crippen molar-refractivity contribution >= 4 is 27.8 Å². The smallest absolute Gasteiger partial charge is 0.407 e. The number of halogens is 1. The predicted octanol–water partition coefficient (Wildman–Crippen LogP) is 2.95. The molecule has 1 unspecified atom stereocenters. The van der Waals surface area contributed by atoms with Crippen LogP contribution in [0.2, 0.25) is 0 Å². The number of carbonyl (C=O) groups is 1. The molecule has 0 radical (unpaired) electrons. The Balaban J connectivity index is 1.84. The Kier molecular flexibility index (Phi) is 4.52. The molecule has 1 atom stereocenters. The van der Waals surface area contributed by atoms with E-state index in [4.69, 9.17) is 4.74 Å². The Morgan fingerprint density at radius 3 is 2.85 bits per heavy atom. The number of aromatic nitrogens is 1. The van der Waals surface area contributed by atoms with Crippen molar-refractivity contribution in [2.75, 3.05) is 18.0 Å². The zero-order valence-corrected chi connectivity index (χ0v) is 13.6. The molecule has 1 aromatic rings. The molecule has 0 aliphatic carbocycles. The van der Waals surface area contributed by atoms with E-state index in [1.165, 1.54) is 0 Å². The van der Waals surface area contributed by atoms with Crippen LogP contribution in [-0.2, 0) is 4.74 Å². The lowest BCUT2D eigenvalue weighted by molar-refractivity contribution is 0.0521. The van der Waals surface area contributed by atoms with Gasteiger partial charge in [0.05, 0.1) is 0 Å². The minimum absolute atomic E-state index is 0.282. The van der Waals surface area contributed by atoms with E-state index in [-0.39, 0.29) is 12.1 Å². The average molecular weight is 342 g/mol. The number of amides is 1. The summed E-state index contributed by atoms with van der Waals surface area (Å²) in [6.45, 7) is 7.10. The lowest BCUT2D eigenvalue weighted by atomic mass is 10.0. The molecule has 5 nitrogen and oxygen atoms in total. The van der Waals surface area contributed by atoms with E-state index in [9.17, 15) is 4.79 Å². The number of anilines is 1. The van der Waals surface area contributed by atoms with Gasteiger partial charge in [0, 0.05) is 19.1 Å². The van der Waals surface area contributed by atoms with Gasteiger partial charge in [-0.15, -0.1) is 0 Å². The molecule has 1 aromatic heterocycles. The highest BCUT2D eigenvalue weighted by Crippen LogP contribution is 2.25. The van der Waals surface area contributed by atoms with Gasteiger partial charge in [0.1, 0.15) is 16.0 Å². The van der Waals surface area contributed by atoms with Crippen LogP contribution in [-0.4, -0.2) is 35.8 Å².